The second kappa shape index (κ2) is 12.7. The van der Waals surface area contributed by atoms with Crippen molar-refractivity contribution in [1.29, 1.82) is 0 Å². The summed E-state index contributed by atoms with van der Waals surface area (Å²) in [5.74, 6) is -5.48. The third-order valence-corrected chi connectivity index (χ3v) is 6.59. The Morgan fingerprint density at radius 1 is 1.00 bits per heavy atom. The second-order valence-corrected chi connectivity index (χ2v) is 10.3. The van der Waals surface area contributed by atoms with Crippen LogP contribution in [0.4, 0.5) is 8.78 Å². The molecule has 8 nitrogen and oxygen atoms in total. The van der Waals surface area contributed by atoms with Crippen LogP contribution in [0.25, 0.3) is 11.1 Å². The molecule has 2 amide bonds. The average Bonchev–Trinajstić information content (AvgIpc) is 2.86. The van der Waals surface area contributed by atoms with Gasteiger partial charge in [-0.2, -0.15) is 0 Å². The Hall–Kier alpha value is -4.34. The van der Waals surface area contributed by atoms with E-state index in [4.69, 9.17) is 0 Å². The van der Waals surface area contributed by atoms with E-state index in [0.717, 1.165) is 17.2 Å². The first-order chi connectivity index (χ1) is 18.8. The van der Waals surface area contributed by atoms with E-state index in [1.54, 1.807) is 0 Å². The summed E-state index contributed by atoms with van der Waals surface area (Å²) in [6, 6.07) is 8.06. The molecule has 0 saturated carbocycles. The van der Waals surface area contributed by atoms with Crippen LogP contribution in [0.15, 0.2) is 53.5 Å². The summed E-state index contributed by atoms with van der Waals surface area (Å²) >= 11 is 0. The predicted octanol–water partition coefficient (Wildman–Crippen LogP) is 4.42. The van der Waals surface area contributed by atoms with E-state index in [1.165, 1.54) is 36.0 Å². The Morgan fingerprint density at radius 2 is 1.65 bits per heavy atom. The summed E-state index contributed by atoms with van der Waals surface area (Å²) in [5.41, 5.74) is 1.54. The number of nitrogens with zero attached hydrogens (tertiary/aromatic N) is 1. The van der Waals surface area contributed by atoms with Crippen LogP contribution in [0.2, 0.25) is 0 Å². The van der Waals surface area contributed by atoms with Crippen molar-refractivity contribution in [1.82, 2.24) is 15.2 Å². The third kappa shape index (κ3) is 6.99. The molecule has 40 heavy (non-hydrogen) atoms. The zero-order valence-electron chi connectivity index (χ0n) is 23.0. The Bertz CT molecular complexity index is 1480. The number of amides is 2. The Morgan fingerprint density at radius 3 is 2.25 bits per heavy atom. The van der Waals surface area contributed by atoms with Gasteiger partial charge in [0.05, 0.1) is 12.5 Å². The lowest BCUT2D eigenvalue weighted by molar-refractivity contribution is -0.137. The van der Waals surface area contributed by atoms with Crippen LogP contribution in [0.1, 0.15) is 59.8 Å². The van der Waals surface area contributed by atoms with Crippen LogP contribution >= 0.6 is 0 Å². The molecule has 2 atom stereocenters. The number of hydrogen-bond donors (Lipinski definition) is 3. The maximum Gasteiger partial charge on any atom is 0.305 e. The van der Waals surface area contributed by atoms with Gasteiger partial charge < -0.3 is 20.3 Å². The highest BCUT2D eigenvalue weighted by Gasteiger charge is 2.29. The number of hydrogen-bond acceptors (Lipinski definition) is 4. The van der Waals surface area contributed by atoms with E-state index in [1.807, 2.05) is 45.9 Å². The Labute approximate surface area is 231 Å². The first-order valence-corrected chi connectivity index (χ1v) is 12.8. The van der Waals surface area contributed by atoms with Crippen molar-refractivity contribution in [2.24, 2.45) is 13.0 Å². The molecular formula is C30H33F2N3O5. The third-order valence-electron chi connectivity index (χ3n) is 6.59. The number of carbonyl (C=O) groups is 3. The van der Waals surface area contributed by atoms with Crippen molar-refractivity contribution < 1.29 is 28.3 Å². The number of carboxylic acid groups (broad SMARTS) is 1. The average molecular weight is 554 g/mol. The van der Waals surface area contributed by atoms with Crippen LogP contribution in [0.3, 0.4) is 0 Å². The summed E-state index contributed by atoms with van der Waals surface area (Å²) in [7, 11) is 1.48. The highest BCUT2D eigenvalue weighted by Crippen LogP contribution is 2.33. The molecule has 1 aromatic heterocycles. The van der Waals surface area contributed by atoms with Gasteiger partial charge in [0.15, 0.2) is 11.6 Å². The molecule has 0 bridgehead atoms. The normalized spacial score (nSPS) is 12.6. The van der Waals surface area contributed by atoms with Crippen LogP contribution < -0.4 is 16.2 Å². The van der Waals surface area contributed by atoms with Gasteiger partial charge in [0.1, 0.15) is 11.6 Å². The molecule has 212 valence electrons. The van der Waals surface area contributed by atoms with Gasteiger partial charge in [0, 0.05) is 18.8 Å². The maximum absolute atomic E-state index is 15.1. The van der Waals surface area contributed by atoms with Crippen molar-refractivity contribution >= 4 is 17.8 Å². The van der Waals surface area contributed by atoms with Gasteiger partial charge in [-0.1, -0.05) is 32.0 Å². The van der Waals surface area contributed by atoms with E-state index in [0.29, 0.717) is 11.1 Å². The molecule has 3 aromatic rings. The van der Waals surface area contributed by atoms with Crippen molar-refractivity contribution in [3.63, 3.8) is 0 Å². The molecule has 0 radical (unpaired) electrons. The maximum atomic E-state index is 15.1. The molecule has 0 aliphatic carbocycles. The lowest BCUT2D eigenvalue weighted by atomic mass is 9.92. The molecule has 3 N–H and O–H groups in total. The molecule has 0 spiro atoms. The molecule has 0 unspecified atom stereocenters. The molecule has 0 aliphatic heterocycles. The number of benzene rings is 2. The second-order valence-electron chi connectivity index (χ2n) is 10.3. The number of rotatable bonds is 10. The van der Waals surface area contributed by atoms with Crippen molar-refractivity contribution in [3.05, 3.63) is 92.9 Å². The summed E-state index contributed by atoms with van der Waals surface area (Å²) in [6.07, 6.45) is 0.887. The van der Waals surface area contributed by atoms with Gasteiger partial charge in [-0.15, -0.1) is 0 Å². The molecule has 1 heterocycles. The van der Waals surface area contributed by atoms with E-state index in [9.17, 15) is 28.7 Å². The minimum Gasteiger partial charge on any atom is -0.481 e. The highest BCUT2D eigenvalue weighted by molar-refractivity contribution is 5.97. The quantitative estimate of drug-likeness (QED) is 0.344. The van der Waals surface area contributed by atoms with Gasteiger partial charge in [-0.3, -0.25) is 19.2 Å². The molecular weight excluding hydrogens is 520 g/mol. The largest absolute Gasteiger partial charge is 0.481 e. The number of pyridine rings is 1. The van der Waals surface area contributed by atoms with Gasteiger partial charge in [0.2, 0.25) is 5.91 Å². The zero-order chi connectivity index (χ0) is 29.7. The predicted molar refractivity (Wildman–Crippen MR) is 147 cm³/mol. The van der Waals surface area contributed by atoms with Crippen LogP contribution in [-0.2, 0) is 16.6 Å². The van der Waals surface area contributed by atoms with E-state index in [-0.39, 0.29) is 23.5 Å². The highest BCUT2D eigenvalue weighted by atomic mass is 19.2. The number of carboxylic acids is 1. The van der Waals surface area contributed by atoms with Gasteiger partial charge in [-0.25, -0.2) is 8.78 Å². The number of aryl methyl sites for hydroxylation is 3. The van der Waals surface area contributed by atoms with E-state index >= 15 is 4.39 Å². The molecule has 0 fully saturated rings. The minimum absolute atomic E-state index is 0.0888. The zero-order valence-corrected chi connectivity index (χ0v) is 23.0. The SMILES string of the molecule is Cc1cccc(C)c1-c1cc(F)c(F)c([C@H](CC(=O)O)NC(=O)[C@H](CC(C)C)NC(=O)c2cccn(C)c2=O)c1. The Kier molecular flexibility index (Phi) is 9.57. The number of carbonyl (C=O) groups excluding carboxylic acids is 2. The summed E-state index contributed by atoms with van der Waals surface area (Å²) in [6.45, 7) is 7.26. The molecule has 3 rings (SSSR count). The summed E-state index contributed by atoms with van der Waals surface area (Å²) < 4.78 is 31.2. The molecule has 0 aliphatic rings. The van der Waals surface area contributed by atoms with E-state index in [2.05, 4.69) is 10.6 Å². The topological polar surface area (TPSA) is 118 Å². The number of halogens is 2. The number of aliphatic carboxylic acids is 1. The number of nitrogens with one attached hydrogen (secondary N) is 2. The molecule has 2 aromatic carbocycles. The minimum atomic E-state index is -1.44. The fraction of sp³-hybridized carbons (Fsp3) is 0.333. The van der Waals surface area contributed by atoms with Crippen molar-refractivity contribution in [3.8, 4) is 11.1 Å². The summed E-state index contributed by atoms with van der Waals surface area (Å²) in [5, 5.41) is 14.6. The first-order valence-electron chi connectivity index (χ1n) is 12.8. The fourth-order valence-electron chi connectivity index (χ4n) is 4.67. The van der Waals surface area contributed by atoms with Gasteiger partial charge in [-0.05, 0) is 72.7 Å². The lowest BCUT2D eigenvalue weighted by Crippen LogP contribution is -2.49. The number of aromatic nitrogens is 1. The lowest BCUT2D eigenvalue weighted by Gasteiger charge is -2.25. The summed E-state index contributed by atoms with van der Waals surface area (Å²) in [4.78, 5) is 50.4. The van der Waals surface area contributed by atoms with Crippen LogP contribution in [0.5, 0.6) is 0 Å². The van der Waals surface area contributed by atoms with Crippen molar-refractivity contribution in [2.45, 2.75) is 52.6 Å². The van der Waals surface area contributed by atoms with E-state index < -0.39 is 53.5 Å². The van der Waals surface area contributed by atoms with Crippen molar-refractivity contribution in [2.75, 3.05) is 0 Å². The monoisotopic (exact) mass is 553 g/mol. The van der Waals surface area contributed by atoms with Crippen LogP contribution in [0, 0.1) is 31.4 Å². The smallest absolute Gasteiger partial charge is 0.305 e. The Balaban J connectivity index is 2.00. The van der Waals surface area contributed by atoms with Crippen LogP contribution in [-0.4, -0.2) is 33.5 Å². The van der Waals surface area contributed by atoms with Gasteiger partial charge >= 0.3 is 5.97 Å². The standard InChI is InChI=1S/C30H33F2N3O5/c1-16(2)12-24(34-28(38)20-10-7-11-35(5)30(20)40)29(39)33-23(15-25(36)37)21-13-19(14-22(31)27(21)32)26-17(3)8-6-9-18(26)4/h6-11,13-14,16,23-24H,12,15H2,1-5H3,(H,33,39)(H,34,38)(H,36,37)/t23-,24-/m0/s1. The first kappa shape index (κ1) is 30.2. The van der Waals surface area contributed by atoms with Gasteiger partial charge in [0.25, 0.3) is 11.5 Å². The molecule has 0 saturated heterocycles. The molecule has 10 heteroatoms. The fourth-order valence-corrected chi connectivity index (χ4v) is 4.67.